The van der Waals surface area contributed by atoms with Gasteiger partial charge in [-0.05, 0) is 18.2 Å². The molecule has 0 saturated carbocycles. The summed E-state index contributed by atoms with van der Waals surface area (Å²) < 4.78 is 0. The van der Waals surface area contributed by atoms with Crippen LogP contribution < -0.4 is 11.1 Å². The highest BCUT2D eigenvalue weighted by atomic mass is 16.2. The molecule has 0 heterocycles. The van der Waals surface area contributed by atoms with Crippen LogP contribution in [0.5, 0.6) is 0 Å². The fourth-order valence-electron chi connectivity index (χ4n) is 0.836. The molecule has 13 heavy (non-hydrogen) atoms. The number of amides is 1. The number of nitrogens with one attached hydrogen (secondary N) is 1. The van der Waals surface area contributed by atoms with E-state index in [0.717, 1.165) is 0 Å². The van der Waals surface area contributed by atoms with Crippen molar-refractivity contribution >= 4 is 23.1 Å². The zero-order valence-corrected chi connectivity index (χ0v) is 7.20. The molecule has 1 amide bonds. The van der Waals surface area contributed by atoms with Gasteiger partial charge >= 0.3 is 0 Å². The molecule has 0 atom stereocenters. The van der Waals surface area contributed by atoms with Gasteiger partial charge < -0.3 is 11.1 Å². The number of Topliss-reactive ketones (excluding diaryl/α,β-unsaturated/α-hetero) is 1. The van der Waals surface area contributed by atoms with Crippen LogP contribution in [0.4, 0.5) is 11.4 Å². The molecule has 0 radical (unpaired) electrons. The first kappa shape index (κ1) is 9.25. The Labute approximate surface area is 75.7 Å². The fraction of sp³-hybridized carbons (Fsp3) is 0.111. The van der Waals surface area contributed by atoms with Crippen molar-refractivity contribution < 1.29 is 9.59 Å². The van der Waals surface area contributed by atoms with Gasteiger partial charge in [0.05, 0.1) is 0 Å². The van der Waals surface area contributed by atoms with Crippen molar-refractivity contribution in [2.75, 3.05) is 11.1 Å². The molecular weight excluding hydrogens is 168 g/mol. The Kier molecular flexibility index (Phi) is 2.64. The second-order valence-electron chi connectivity index (χ2n) is 2.64. The minimum absolute atomic E-state index is 0.526. The summed E-state index contributed by atoms with van der Waals surface area (Å²) in [5.41, 5.74) is 6.55. The van der Waals surface area contributed by atoms with Crippen molar-refractivity contribution in [3.63, 3.8) is 0 Å². The van der Waals surface area contributed by atoms with Crippen LogP contribution in [0.15, 0.2) is 24.3 Å². The van der Waals surface area contributed by atoms with E-state index in [1.54, 1.807) is 24.3 Å². The van der Waals surface area contributed by atoms with Gasteiger partial charge in [-0.25, -0.2) is 0 Å². The standard InChI is InChI=1S/C9H10N2O2/c1-6(12)9(13)11-8-4-2-3-7(10)5-8/h2-5H,10H2,1H3,(H,11,13). The first-order chi connectivity index (χ1) is 6.09. The number of anilines is 2. The summed E-state index contributed by atoms with van der Waals surface area (Å²) in [4.78, 5) is 21.5. The second-order valence-corrected chi connectivity index (χ2v) is 2.64. The smallest absolute Gasteiger partial charge is 0.291 e. The van der Waals surface area contributed by atoms with E-state index in [1.807, 2.05) is 0 Å². The predicted molar refractivity (Wildman–Crippen MR) is 50.2 cm³/mol. The highest BCUT2D eigenvalue weighted by Gasteiger charge is 2.06. The van der Waals surface area contributed by atoms with Gasteiger partial charge in [0.2, 0.25) is 5.78 Å². The van der Waals surface area contributed by atoms with Gasteiger partial charge in [-0.1, -0.05) is 6.07 Å². The van der Waals surface area contributed by atoms with Gasteiger partial charge in [-0.15, -0.1) is 0 Å². The maximum Gasteiger partial charge on any atom is 0.291 e. The lowest BCUT2D eigenvalue weighted by Gasteiger charge is -2.02. The number of rotatable bonds is 2. The first-order valence-electron chi connectivity index (χ1n) is 3.77. The number of hydrogen-bond donors (Lipinski definition) is 2. The highest BCUT2D eigenvalue weighted by molar-refractivity contribution is 6.39. The Morgan fingerprint density at radius 3 is 2.62 bits per heavy atom. The Morgan fingerprint density at radius 1 is 1.38 bits per heavy atom. The maximum absolute atomic E-state index is 10.9. The summed E-state index contributed by atoms with van der Waals surface area (Å²) in [6.45, 7) is 1.21. The van der Waals surface area contributed by atoms with E-state index in [4.69, 9.17) is 5.73 Å². The third kappa shape index (κ3) is 2.59. The van der Waals surface area contributed by atoms with Crippen LogP contribution in [0.1, 0.15) is 6.92 Å². The maximum atomic E-state index is 10.9. The Balaban J connectivity index is 2.75. The van der Waals surface area contributed by atoms with E-state index in [-0.39, 0.29) is 0 Å². The summed E-state index contributed by atoms with van der Waals surface area (Å²) in [5.74, 6) is -1.16. The summed E-state index contributed by atoms with van der Waals surface area (Å²) in [7, 11) is 0. The molecule has 0 spiro atoms. The summed E-state index contributed by atoms with van der Waals surface area (Å²) in [6.07, 6.45) is 0. The molecule has 0 bridgehead atoms. The third-order valence-corrected chi connectivity index (χ3v) is 1.46. The lowest BCUT2D eigenvalue weighted by molar-refractivity contribution is -0.133. The normalized spacial score (nSPS) is 9.31. The lowest BCUT2D eigenvalue weighted by atomic mass is 10.3. The zero-order chi connectivity index (χ0) is 9.84. The average molecular weight is 178 g/mol. The molecule has 1 rings (SSSR count). The number of nitrogen functional groups attached to an aromatic ring is 1. The second kappa shape index (κ2) is 3.71. The third-order valence-electron chi connectivity index (χ3n) is 1.46. The summed E-state index contributed by atoms with van der Waals surface area (Å²) in [6, 6.07) is 6.65. The molecular formula is C9H10N2O2. The van der Waals surface area contributed by atoms with E-state index in [0.29, 0.717) is 11.4 Å². The van der Waals surface area contributed by atoms with Crippen molar-refractivity contribution in [3.8, 4) is 0 Å². The summed E-state index contributed by atoms with van der Waals surface area (Å²) >= 11 is 0. The minimum atomic E-state index is -0.634. The Bertz CT molecular complexity index is 347. The number of hydrogen-bond acceptors (Lipinski definition) is 3. The summed E-state index contributed by atoms with van der Waals surface area (Å²) in [5, 5.41) is 2.41. The van der Waals surface area contributed by atoms with E-state index >= 15 is 0 Å². The molecule has 0 unspecified atom stereocenters. The van der Waals surface area contributed by atoms with Crippen LogP contribution in [-0.2, 0) is 9.59 Å². The van der Waals surface area contributed by atoms with Crippen LogP contribution in [0.2, 0.25) is 0 Å². The van der Waals surface area contributed by atoms with Crippen molar-refractivity contribution in [3.05, 3.63) is 24.3 Å². The van der Waals surface area contributed by atoms with Crippen molar-refractivity contribution in [1.82, 2.24) is 0 Å². The molecule has 3 N–H and O–H groups in total. The molecule has 0 fully saturated rings. The number of nitrogens with two attached hydrogens (primary N) is 1. The zero-order valence-electron chi connectivity index (χ0n) is 7.20. The molecule has 0 aliphatic carbocycles. The molecule has 0 aliphatic rings. The molecule has 1 aromatic carbocycles. The van der Waals surface area contributed by atoms with E-state index in [9.17, 15) is 9.59 Å². The monoisotopic (exact) mass is 178 g/mol. The lowest BCUT2D eigenvalue weighted by Crippen LogP contribution is -2.19. The quantitative estimate of drug-likeness (QED) is 0.519. The number of carbonyl (C=O) groups excluding carboxylic acids is 2. The van der Waals surface area contributed by atoms with E-state index < -0.39 is 11.7 Å². The van der Waals surface area contributed by atoms with Gasteiger partial charge in [0.15, 0.2) is 0 Å². The average Bonchev–Trinajstić information content (AvgIpc) is 2.04. The van der Waals surface area contributed by atoms with Gasteiger partial charge in [-0.3, -0.25) is 9.59 Å². The molecule has 0 saturated heterocycles. The topological polar surface area (TPSA) is 72.2 Å². The SMILES string of the molecule is CC(=O)C(=O)Nc1cccc(N)c1. The molecule has 0 aliphatic heterocycles. The van der Waals surface area contributed by atoms with Crippen LogP contribution in [0.3, 0.4) is 0 Å². The van der Waals surface area contributed by atoms with E-state index in [2.05, 4.69) is 5.32 Å². The van der Waals surface area contributed by atoms with Crippen LogP contribution >= 0.6 is 0 Å². The molecule has 4 heteroatoms. The van der Waals surface area contributed by atoms with Crippen LogP contribution in [0, 0.1) is 0 Å². The Hall–Kier alpha value is -1.84. The van der Waals surface area contributed by atoms with Crippen molar-refractivity contribution in [1.29, 1.82) is 0 Å². The largest absolute Gasteiger partial charge is 0.399 e. The number of carbonyl (C=O) groups is 2. The van der Waals surface area contributed by atoms with Crippen LogP contribution in [-0.4, -0.2) is 11.7 Å². The fourth-order valence-corrected chi connectivity index (χ4v) is 0.836. The molecule has 0 aromatic heterocycles. The van der Waals surface area contributed by atoms with Crippen molar-refractivity contribution in [2.45, 2.75) is 6.92 Å². The van der Waals surface area contributed by atoms with E-state index in [1.165, 1.54) is 6.92 Å². The van der Waals surface area contributed by atoms with Crippen molar-refractivity contribution in [2.24, 2.45) is 0 Å². The van der Waals surface area contributed by atoms with Gasteiger partial charge in [0.1, 0.15) is 0 Å². The molecule has 4 nitrogen and oxygen atoms in total. The van der Waals surface area contributed by atoms with Crippen LogP contribution in [0.25, 0.3) is 0 Å². The predicted octanol–water partition coefficient (Wildman–Crippen LogP) is 0.796. The highest BCUT2D eigenvalue weighted by Crippen LogP contribution is 2.11. The number of benzene rings is 1. The van der Waals surface area contributed by atoms with Gasteiger partial charge in [0.25, 0.3) is 5.91 Å². The van der Waals surface area contributed by atoms with Gasteiger partial charge in [-0.2, -0.15) is 0 Å². The minimum Gasteiger partial charge on any atom is -0.399 e. The number of ketones is 1. The Morgan fingerprint density at radius 2 is 2.08 bits per heavy atom. The molecule has 68 valence electrons. The van der Waals surface area contributed by atoms with Gasteiger partial charge in [0, 0.05) is 18.3 Å². The molecule has 1 aromatic rings. The first-order valence-corrected chi connectivity index (χ1v) is 3.77.